The number of nitrogens with one attached hydrogen (secondary N) is 1. The highest BCUT2D eigenvalue weighted by atomic mass is 16.5. The van der Waals surface area contributed by atoms with Gasteiger partial charge < -0.3 is 15.0 Å². The van der Waals surface area contributed by atoms with Gasteiger partial charge in [-0.05, 0) is 62.4 Å². The molecule has 0 radical (unpaired) electrons. The van der Waals surface area contributed by atoms with Crippen molar-refractivity contribution in [2.45, 2.75) is 33.6 Å². The maximum atomic E-state index is 12.1. The van der Waals surface area contributed by atoms with Crippen LogP contribution >= 0.6 is 0 Å². The number of benzene rings is 1. The second-order valence-corrected chi connectivity index (χ2v) is 6.77. The van der Waals surface area contributed by atoms with Gasteiger partial charge in [0.2, 0.25) is 0 Å². The molecule has 2 unspecified atom stereocenters. The third kappa shape index (κ3) is 5.87. The van der Waals surface area contributed by atoms with Crippen molar-refractivity contribution in [3.05, 3.63) is 29.8 Å². The quantitative estimate of drug-likeness (QED) is 0.785. The van der Waals surface area contributed by atoms with Crippen LogP contribution in [0.4, 0.5) is 0 Å². The molecule has 0 aliphatic carbocycles. The molecule has 0 bridgehead atoms. The van der Waals surface area contributed by atoms with E-state index in [0.29, 0.717) is 12.2 Å². The van der Waals surface area contributed by atoms with Gasteiger partial charge in [-0.2, -0.15) is 0 Å². The van der Waals surface area contributed by atoms with Gasteiger partial charge in [0.25, 0.3) is 5.91 Å². The molecule has 2 atom stereocenters. The number of hydrogen-bond donors (Lipinski definition) is 1. The van der Waals surface area contributed by atoms with Crippen molar-refractivity contribution >= 4 is 5.91 Å². The maximum Gasteiger partial charge on any atom is 0.251 e. The lowest BCUT2D eigenvalue weighted by Gasteiger charge is -2.34. The minimum Gasteiger partial charge on any atom is -0.494 e. The van der Waals surface area contributed by atoms with E-state index in [9.17, 15) is 4.79 Å². The molecular weight excluding hydrogens is 288 g/mol. The normalized spacial score (nSPS) is 21.9. The summed E-state index contributed by atoms with van der Waals surface area (Å²) in [4.78, 5) is 14.6. The van der Waals surface area contributed by atoms with E-state index < -0.39 is 0 Å². The van der Waals surface area contributed by atoms with E-state index in [1.165, 1.54) is 19.5 Å². The van der Waals surface area contributed by atoms with Gasteiger partial charge in [-0.15, -0.1) is 0 Å². The number of piperidine rings is 1. The Kier molecular flexibility index (Phi) is 6.90. The first-order valence-corrected chi connectivity index (χ1v) is 8.82. The van der Waals surface area contributed by atoms with Gasteiger partial charge >= 0.3 is 0 Å². The largest absolute Gasteiger partial charge is 0.494 e. The fourth-order valence-electron chi connectivity index (χ4n) is 3.45. The molecule has 2 rings (SSSR count). The number of rotatable bonds is 7. The van der Waals surface area contributed by atoms with Crippen LogP contribution in [0.1, 0.15) is 44.0 Å². The monoisotopic (exact) mass is 318 g/mol. The molecule has 1 aliphatic rings. The molecule has 0 saturated carbocycles. The van der Waals surface area contributed by atoms with Gasteiger partial charge in [0.1, 0.15) is 5.75 Å². The van der Waals surface area contributed by atoms with Crippen molar-refractivity contribution in [3.8, 4) is 5.75 Å². The zero-order valence-electron chi connectivity index (χ0n) is 14.7. The SMILES string of the molecule is CCOc1ccc(C(=O)NCCCN2CC(C)CC(C)C2)cc1. The lowest BCUT2D eigenvalue weighted by Crippen LogP contribution is -2.40. The van der Waals surface area contributed by atoms with Crippen LogP contribution in [-0.2, 0) is 0 Å². The minimum absolute atomic E-state index is 0.00608. The van der Waals surface area contributed by atoms with Gasteiger partial charge in [-0.1, -0.05) is 13.8 Å². The zero-order valence-corrected chi connectivity index (χ0v) is 14.7. The lowest BCUT2D eigenvalue weighted by atomic mass is 9.92. The van der Waals surface area contributed by atoms with Gasteiger partial charge in [-0.25, -0.2) is 0 Å². The minimum atomic E-state index is -0.00608. The summed E-state index contributed by atoms with van der Waals surface area (Å²) in [6.45, 7) is 11.4. The lowest BCUT2D eigenvalue weighted by molar-refractivity contribution is 0.0947. The Morgan fingerprint density at radius 1 is 1.22 bits per heavy atom. The number of hydrogen-bond acceptors (Lipinski definition) is 3. The zero-order chi connectivity index (χ0) is 16.7. The van der Waals surface area contributed by atoms with Gasteiger partial charge in [-0.3, -0.25) is 4.79 Å². The standard InChI is InChI=1S/C19H30N2O2/c1-4-23-18-8-6-17(7-9-18)19(22)20-10-5-11-21-13-15(2)12-16(3)14-21/h6-9,15-16H,4-5,10-14H2,1-3H3,(H,20,22). The number of likely N-dealkylation sites (tertiary alicyclic amines) is 1. The van der Waals surface area contributed by atoms with Gasteiger partial charge in [0.05, 0.1) is 6.61 Å². The molecule has 1 aromatic rings. The summed E-state index contributed by atoms with van der Waals surface area (Å²) >= 11 is 0. The second kappa shape index (κ2) is 8.92. The molecule has 128 valence electrons. The summed E-state index contributed by atoms with van der Waals surface area (Å²) in [7, 11) is 0. The summed E-state index contributed by atoms with van der Waals surface area (Å²) in [6, 6.07) is 7.31. The van der Waals surface area contributed by atoms with Crippen molar-refractivity contribution in [1.29, 1.82) is 0 Å². The molecule has 4 nitrogen and oxygen atoms in total. The Bertz CT molecular complexity index is 477. The molecular formula is C19H30N2O2. The van der Waals surface area contributed by atoms with Crippen LogP contribution in [0.25, 0.3) is 0 Å². The van der Waals surface area contributed by atoms with Crippen LogP contribution < -0.4 is 10.1 Å². The molecule has 0 aromatic heterocycles. The van der Waals surface area contributed by atoms with E-state index in [1.807, 2.05) is 31.2 Å². The van der Waals surface area contributed by atoms with Crippen molar-refractivity contribution < 1.29 is 9.53 Å². The van der Waals surface area contributed by atoms with E-state index in [2.05, 4.69) is 24.1 Å². The number of carbonyl (C=O) groups is 1. The van der Waals surface area contributed by atoms with Crippen LogP contribution in [0.15, 0.2) is 24.3 Å². The topological polar surface area (TPSA) is 41.6 Å². The molecule has 1 amide bonds. The van der Waals surface area contributed by atoms with Crippen molar-refractivity contribution in [1.82, 2.24) is 10.2 Å². The van der Waals surface area contributed by atoms with Crippen molar-refractivity contribution in [3.63, 3.8) is 0 Å². The van der Waals surface area contributed by atoms with Crippen LogP contribution in [0.3, 0.4) is 0 Å². The highest BCUT2D eigenvalue weighted by Crippen LogP contribution is 2.20. The van der Waals surface area contributed by atoms with E-state index in [0.717, 1.165) is 37.1 Å². The van der Waals surface area contributed by atoms with Crippen LogP contribution in [0.2, 0.25) is 0 Å². The third-order valence-corrected chi connectivity index (χ3v) is 4.31. The molecule has 1 fully saturated rings. The summed E-state index contributed by atoms with van der Waals surface area (Å²) in [6.07, 6.45) is 2.34. The number of nitrogens with zero attached hydrogens (tertiary/aromatic N) is 1. The van der Waals surface area contributed by atoms with Crippen LogP contribution in [0, 0.1) is 11.8 Å². The molecule has 1 N–H and O–H groups in total. The molecule has 23 heavy (non-hydrogen) atoms. The first-order chi connectivity index (χ1) is 11.1. The molecule has 1 saturated heterocycles. The second-order valence-electron chi connectivity index (χ2n) is 6.77. The smallest absolute Gasteiger partial charge is 0.251 e. The first kappa shape index (κ1) is 17.8. The van der Waals surface area contributed by atoms with E-state index in [-0.39, 0.29) is 5.91 Å². The molecule has 0 spiro atoms. The summed E-state index contributed by atoms with van der Waals surface area (Å²) < 4.78 is 5.39. The van der Waals surface area contributed by atoms with E-state index in [4.69, 9.17) is 4.74 Å². The highest BCUT2D eigenvalue weighted by molar-refractivity contribution is 5.94. The summed E-state index contributed by atoms with van der Waals surface area (Å²) in [5.74, 6) is 2.38. The number of ether oxygens (including phenoxy) is 1. The highest BCUT2D eigenvalue weighted by Gasteiger charge is 2.21. The average Bonchev–Trinajstić information content (AvgIpc) is 2.51. The predicted octanol–water partition coefficient (Wildman–Crippen LogP) is 3.18. The van der Waals surface area contributed by atoms with Crippen molar-refractivity contribution in [2.75, 3.05) is 32.8 Å². The maximum absolute atomic E-state index is 12.1. The number of carbonyl (C=O) groups excluding carboxylic acids is 1. The van der Waals surface area contributed by atoms with Gasteiger partial charge in [0, 0.05) is 25.2 Å². The fraction of sp³-hybridized carbons (Fsp3) is 0.632. The Morgan fingerprint density at radius 2 is 1.87 bits per heavy atom. The van der Waals surface area contributed by atoms with Crippen LogP contribution in [0.5, 0.6) is 5.75 Å². The summed E-state index contributed by atoms with van der Waals surface area (Å²) in [5, 5.41) is 3.01. The van der Waals surface area contributed by atoms with E-state index in [1.54, 1.807) is 0 Å². The van der Waals surface area contributed by atoms with Crippen molar-refractivity contribution in [2.24, 2.45) is 11.8 Å². The average molecular weight is 318 g/mol. The molecule has 1 heterocycles. The number of amides is 1. The van der Waals surface area contributed by atoms with Gasteiger partial charge in [0.15, 0.2) is 0 Å². The molecule has 1 aliphatic heterocycles. The first-order valence-electron chi connectivity index (χ1n) is 8.82. The Hall–Kier alpha value is -1.55. The third-order valence-electron chi connectivity index (χ3n) is 4.31. The van der Waals surface area contributed by atoms with E-state index >= 15 is 0 Å². The Labute approximate surface area is 140 Å². The Balaban J connectivity index is 1.68. The summed E-state index contributed by atoms with van der Waals surface area (Å²) in [5.41, 5.74) is 0.689. The van der Waals surface area contributed by atoms with Crippen LogP contribution in [-0.4, -0.2) is 43.6 Å². The fourth-order valence-corrected chi connectivity index (χ4v) is 3.45. The Morgan fingerprint density at radius 3 is 2.48 bits per heavy atom. The predicted molar refractivity (Wildman–Crippen MR) is 93.9 cm³/mol. The molecule has 4 heteroatoms. The molecule has 1 aromatic carbocycles.